The van der Waals surface area contributed by atoms with E-state index in [0.29, 0.717) is 23.5 Å². The molecule has 0 aliphatic heterocycles. The first-order valence-electron chi connectivity index (χ1n) is 9.33. The number of amides is 1. The average molecular weight is 413 g/mol. The first-order valence-corrected chi connectivity index (χ1v) is 9.33. The van der Waals surface area contributed by atoms with E-state index >= 15 is 0 Å². The Labute approximate surface area is 172 Å². The monoisotopic (exact) mass is 413 g/mol. The Morgan fingerprint density at radius 1 is 1.33 bits per heavy atom. The van der Waals surface area contributed by atoms with Crippen molar-refractivity contribution in [3.8, 4) is 11.6 Å². The largest absolute Gasteiger partial charge is 0.508 e. The maximum absolute atomic E-state index is 13.0. The van der Waals surface area contributed by atoms with Gasteiger partial charge in [-0.3, -0.25) is 9.69 Å². The zero-order valence-electron chi connectivity index (χ0n) is 16.9. The summed E-state index contributed by atoms with van der Waals surface area (Å²) in [4.78, 5) is 15.1. The highest BCUT2D eigenvalue weighted by molar-refractivity contribution is 6.01. The highest BCUT2D eigenvalue weighted by Crippen LogP contribution is 2.17. The first kappa shape index (κ1) is 20.9. The molecule has 0 aliphatic rings. The van der Waals surface area contributed by atoms with Gasteiger partial charge < -0.3 is 10.8 Å². The normalized spacial score (nSPS) is 11.8. The van der Waals surface area contributed by atoms with E-state index in [9.17, 15) is 9.90 Å². The van der Waals surface area contributed by atoms with E-state index in [0.717, 1.165) is 13.1 Å². The second-order valence-corrected chi connectivity index (χ2v) is 6.42. The van der Waals surface area contributed by atoms with Gasteiger partial charge in [0, 0.05) is 12.1 Å². The van der Waals surface area contributed by atoms with Crippen LogP contribution in [-0.4, -0.2) is 60.0 Å². The smallest absolute Gasteiger partial charge is 0.292 e. The van der Waals surface area contributed by atoms with Crippen molar-refractivity contribution in [1.82, 2.24) is 35.6 Å². The number of hydrogen-bond acceptors (Lipinski definition) is 10. The van der Waals surface area contributed by atoms with Gasteiger partial charge in [-0.2, -0.15) is 9.78 Å². The minimum atomic E-state index is -0.552. The lowest BCUT2D eigenvalue weighted by Crippen LogP contribution is -2.27. The molecule has 3 aromatic rings. The number of anilines is 1. The molecule has 0 saturated carbocycles. The zero-order valence-corrected chi connectivity index (χ0v) is 16.9. The third-order valence-electron chi connectivity index (χ3n) is 4.51. The molecule has 158 valence electrons. The van der Waals surface area contributed by atoms with Gasteiger partial charge in [0.25, 0.3) is 5.91 Å². The standard InChI is InChI=1S/C18H23N9O3/c1-4-26(5-2)10-14-15(27(25-21-14)17-16(19)23-30-24-17)18(29)22-20-11(3)12-7-6-8-13(28)9-12/h6-9,28H,4-5,10H2,1-3H3,(H2,19,23)(H,22,29)/b20-11+. The highest BCUT2D eigenvalue weighted by atomic mass is 16.6. The number of rotatable bonds is 8. The minimum Gasteiger partial charge on any atom is -0.508 e. The number of phenols is 1. The van der Waals surface area contributed by atoms with E-state index in [-0.39, 0.29) is 23.1 Å². The number of carbonyl (C=O) groups is 1. The topological polar surface area (TPSA) is 161 Å². The van der Waals surface area contributed by atoms with Crippen LogP contribution in [0.15, 0.2) is 34.0 Å². The van der Waals surface area contributed by atoms with Gasteiger partial charge in [0.2, 0.25) is 11.6 Å². The predicted molar refractivity (Wildman–Crippen MR) is 108 cm³/mol. The number of phenolic OH excluding ortho intramolecular Hbond substituents is 1. The number of nitrogens with one attached hydrogen (secondary N) is 1. The van der Waals surface area contributed by atoms with Gasteiger partial charge in [0.05, 0.1) is 5.71 Å². The number of carbonyl (C=O) groups excluding carboxylic acids is 1. The molecule has 0 spiro atoms. The average Bonchev–Trinajstić information content (AvgIpc) is 3.35. The summed E-state index contributed by atoms with van der Waals surface area (Å²) in [6.45, 7) is 7.67. The number of benzene rings is 1. The molecular weight excluding hydrogens is 390 g/mol. The van der Waals surface area contributed by atoms with Crippen molar-refractivity contribution < 1.29 is 14.5 Å². The number of hydrogen-bond donors (Lipinski definition) is 3. The van der Waals surface area contributed by atoms with E-state index in [1.165, 1.54) is 4.68 Å². The van der Waals surface area contributed by atoms with E-state index < -0.39 is 5.91 Å². The second kappa shape index (κ2) is 9.13. The van der Waals surface area contributed by atoms with Crippen LogP contribution in [0.3, 0.4) is 0 Å². The number of hydrazone groups is 1. The number of aromatic hydroxyl groups is 1. The molecular formula is C18H23N9O3. The van der Waals surface area contributed by atoms with Gasteiger partial charge in [-0.25, -0.2) is 10.1 Å². The third-order valence-corrected chi connectivity index (χ3v) is 4.51. The fraction of sp³-hybridized carbons (Fsp3) is 0.333. The van der Waals surface area contributed by atoms with Gasteiger partial charge in [-0.1, -0.05) is 31.2 Å². The van der Waals surface area contributed by atoms with Crippen LogP contribution >= 0.6 is 0 Å². The summed E-state index contributed by atoms with van der Waals surface area (Å²) in [5, 5.41) is 29.1. The van der Waals surface area contributed by atoms with Crippen molar-refractivity contribution in [2.24, 2.45) is 5.10 Å². The Morgan fingerprint density at radius 3 is 2.73 bits per heavy atom. The molecule has 3 rings (SSSR count). The molecule has 1 amide bonds. The molecule has 0 unspecified atom stereocenters. The summed E-state index contributed by atoms with van der Waals surface area (Å²) in [6.07, 6.45) is 0. The maximum Gasteiger partial charge on any atom is 0.292 e. The van der Waals surface area contributed by atoms with Crippen LogP contribution in [0.5, 0.6) is 5.75 Å². The lowest BCUT2D eigenvalue weighted by atomic mass is 10.1. The Kier molecular flexibility index (Phi) is 6.37. The highest BCUT2D eigenvalue weighted by Gasteiger charge is 2.25. The van der Waals surface area contributed by atoms with Gasteiger partial charge in [0.1, 0.15) is 11.4 Å². The molecule has 4 N–H and O–H groups in total. The summed E-state index contributed by atoms with van der Waals surface area (Å²) in [5.74, 6) is -0.412. The number of nitrogens with zero attached hydrogens (tertiary/aromatic N) is 7. The molecule has 0 atom stereocenters. The van der Waals surface area contributed by atoms with Crippen LogP contribution in [0.4, 0.5) is 5.82 Å². The first-order chi connectivity index (χ1) is 14.4. The van der Waals surface area contributed by atoms with Crippen molar-refractivity contribution in [2.45, 2.75) is 27.3 Å². The molecule has 0 bridgehead atoms. The Bertz CT molecular complexity index is 1050. The van der Waals surface area contributed by atoms with Crippen LogP contribution in [0.25, 0.3) is 5.82 Å². The van der Waals surface area contributed by atoms with Crippen LogP contribution in [0.1, 0.15) is 42.5 Å². The molecule has 30 heavy (non-hydrogen) atoms. The Morgan fingerprint density at radius 2 is 2.10 bits per heavy atom. The Hall–Kier alpha value is -3.80. The van der Waals surface area contributed by atoms with E-state index in [2.05, 4.69) is 40.7 Å². The van der Waals surface area contributed by atoms with Crippen LogP contribution in [0.2, 0.25) is 0 Å². The van der Waals surface area contributed by atoms with Crippen LogP contribution < -0.4 is 11.2 Å². The summed E-state index contributed by atoms with van der Waals surface area (Å²) in [6, 6.07) is 6.55. The summed E-state index contributed by atoms with van der Waals surface area (Å²) in [7, 11) is 0. The molecule has 1 aromatic carbocycles. The Balaban J connectivity index is 1.93. The summed E-state index contributed by atoms with van der Waals surface area (Å²) < 4.78 is 5.81. The molecule has 2 heterocycles. The van der Waals surface area contributed by atoms with Crippen molar-refractivity contribution in [1.29, 1.82) is 0 Å². The molecule has 0 fully saturated rings. The van der Waals surface area contributed by atoms with Gasteiger partial charge in [0.15, 0.2) is 5.69 Å². The fourth-order valence-electron chi connectivity index (χ4n) is 2.77. The lowest BCUT2D eigenvalue weighted by molar-refractivity contribution is 0.0944. The van der Waals surface area contributed by atoms with Crippen molar-refractivity contribution in [3.05, 3.63) is 41.2 Å². The molecule has 0 saturated heterocycles. The molecule has 12 nitrogen and oxygen atoms in total. The van der Waals surface area contributed by atoms with Crippen molar-refractivity contribution >= 4 is 17.4 Å². The number of aromatic nitrogens is 5. The predicted octanol–water partition coefficient (Wildman–Crippen LogP) is 0.934. The van der Waals surface area contributed by atoms with E-state index in [4.69, 9.17) is 5.73 Å². The third kappa shape index (κ3) is 4.43. The van der Waals surface area contributed by atoms with Crippen LogP contribution in [-0.2, 0) is 6.54 Å². The summed E-state index contributed by atoms with van der Waals surface area (Å²) >= 11 is 0. The maximum atomic E-state index is 13.0. The van der Waals surface area contributed by atoms with Crippen molar-refractivity contribution in [3.63, 3.8) is 0 Å². The summed E-state index contributed by atoms with van der Waals surface area (Å²) in [5.41, 5.74) is 9.99. The lowest BCUT2D eigenvalue weighted by Gasteiger charge is -2.16. The minimum absolute atomic E-state index is 0.0252. The van der Waals surface area contributed by atoms with Gasteiger partial charge in [-0.15, -0.1) is 5.10 Å². The fourth-order valence-corrected chi connectivity index (χ4v) is 2.77. The van der Waals surface area contributed by atoms with E-state index in [1.807, 2.05) is 13.8 Å². The quantitative estimate of drug-likeness (QED) is 0.360. The number of nitrogens with two attached hydrogens (primary N) is 1. The van der Waals surface area contributed by atoms with Crippen molar-refractivity contribution in [2.75, 3.05) is 18.8 Å². The molecule has 2 aromatic heterocycles. The molecule has 12 heteroatoms. The number of nitrogen functional groups attached to an aromatic ring is 1. The van der Waals surface area contributed by atoms with Gasteiger partial charge >= 0.3 is 0 Å². The van der Waals surface area contributed by atoms with Crippen LogP contribution in [0, 0.1) is 0 Å². The SMILES string of the molecule is CCN(CC)Cc1nnn(-c2nonc2N)c1C(=O)N/N=C(\C)c1cccc(O)c1. The van der Waals surface area contributed by atoms with Gasteiger partial charge in [-0.05, 0) is 42.5 Å². The molecule has 0 radical (unpaired) electrons. The van der Waals surface area contributed by atoms with E-state index in [1.54, 1.807) is 31.2 Å². The molecule has 0 aliphatic carbocycles. The second-order valence-electron chi connectivity index (χ2n) is 6.42. The zero-order chi connectivity index (χ0) is 21.7.